The first-order valence-electron chi connectivity index (χ1n) is 7.15. The van der Waals surface area contributed by atoms with Crippen LogP contribution >= 0.6 is 0 Å². The van der Waals surface area contributed by atoms with E-state index in [9.17, 15) is 13.2 Å². The van der Waals surface area contributed by atoms with Gasteiger partial charge in [0.05, 0.1) is 17.6 Å². The number of hydrogen-bond acceptors (Lipinski definition) is 4. The van der Waals surface area contributed by atoms with Crippen LogP contribution in [0.3, 0.4) is 0 Å². The minimum atomic E-state index is -4.68. The van der Waals surface area contributed by atoms with Crippen molar-refractivity contribution in [1.82, 2.24) is 15.3 Å². The smallest absolute Gasteiger partial charge is 0.406 e. The van der Waals surface area contributed by atoms with Gasteiger partial charge in [0.1, 0.15) is 5.75 Å². The minimum absolute atomic E-state index is 0.0378. The van der Waals surface area contributed by atoms with Crippen molar-refractivity contribution in [3.05, 3.63) is 53.6 Å². The van der Waals surface area contributed by atoms with Crippen LogP contribution < -0.4 is 10.1 Å². The average Bonchev–Trinajstić information content (AvgIpc) is 2.46. The molecular weight excluding hydrogens is 307 g/mol. The van der Waals surface area contributed by atoms with Gasteiger partial charge < -0.3 is 10.1 Å². The summed E-state index contributed by atoms with van der Waals surface area (Å²) in [6.07, 6.45) is -1.27. The largest absolute Gasteiger partial charge is 0.573 e. The van der Waals surface area contributed by atoms with Crippen LogP contribution in [0.15, 0.2) is 36.7 Å². The third-order valence-corrected chi connectivity index (χ3v) is 3.36. The van der Waals surface area contributed by atoms with E-state index in [1.54, 1.807) is 24.5 Å². The number of nitrogens with one attached hydrogen (secondary N) is 1. The molecule has 0 aliphatic rings. The zero-order valence-corrected chi connectivity index (χ0v) is 13.1. The number of hydrogen-bond donors (Lipinski definition) is 1. The van der Waals surface area contributed by atoms with E-state index in [0.29, 0.717) is 0 Å². The van der Waals surface area contributed by atoms with Crippen molar-refractivity contribution >= 4 is 0 Å². The summed E-state index contributed by atoms with van der Waals surface area (Å²) >= 11 is 0. The molecule has 23 heavy (non-hydrogen) atoms. The summed E-state index contributed by atoms with van der Waals surface area (Å²) in [6, 6.07) is 5.71. The molecule has 0 amide bonds. The molecule has 2 atom stereocenters. The summed E-state index contributed by atoms with van der Waals surface area (Å²) in [5, 5.41) is 3.33. The fraction of sp³-hybridized carbons (Fsp3) is 0.375. The van der Waals surface area contributed by atoms with E-state index >= 15 is 0 Å². The maximum Gasteiger partial charge on any atom is 0.573 e. The molecule has 0 bridgehead atoms. The molecule has 2 rings (SSSR count). The molecule has 2 aromatic rings. The Bertz CT molecular complexity index is 627. The maximum atomic E-state index is 12.1. The SMILES string of the molecule is Cc1cnc([C@H](C)N[C@@H](C)c2ccc(OC(F)(F)F)cc2)cn1. The van der Waals surface area contributed by atoms with Crippen LogP contribution in [0.2, 0.25) is 0 Å². The zero-order valence-electron chi connectivity index (χ0n) is 13.1. The third kappa shape index (κ3) is 5.21. The summed E-state index contributed by atoms with van der Waals surface area (Å²) < 4.78 is 40.3. The van der Waals surface area contributed by atoms with E-state index < -0.39 is 6.36 Å². The molecule has 1 aromatic carbocycles. The molecule has 4 nitrogen and oxygen atoms in total. The molecule has 0 saturated heterocycles. The lowest BCUT2D eigenvalue weighted by molar-refractivity contribution is -0.274. The van der Waals surface area contributed by atoms with Crippen molar-refractivity contribution in [2.24, 2.45) is 0 Å². The van der Waals surface area contributed by atoms with E-state index in [0.717, 1.165) is 17.0 Å². The van der Waals surface area contributed by atoms with Crippen molar-refractivity contribution in [1.29, 1.82) is 0 Å². The zero-order chi connectivity index (χ0) is 17.0. The lowest BCUT2D eigenvalue weighted by atomic mass is 10.1. The quantitative estimate of drug-likeness (QED) is 0.899. The van der Waals surface area contributed by atoms with Crippen molar-refractivity contribution in [3.8, 4) is 5.75 Å². The Balaban J connectivity index is 2.00. The van der Waals surface area contributed by atoms with Gasteiger partial charge in [-0.25, -0.2) is 0 Å². The van der Waals surface area contributed by atoms with Gasteiger partial charge in [-0.2, -0.15) is 0 Å². The lowest BCUT2D eigenvalue weighted by Gasteiger charge is -2.20. The van der Waals surface area contributed by atoms with Gasteiger partial charge in [0.25, 0.3) is 0 Å². The van der Waals surface area contributed by atoms with Crippen molar-refractivity contribution in [3.63, 3.8) is 0 Å². The van der Waals surface area contributed by atoms with Gasteiger partial charge in [-0.1, -0.05) is 12.1 Å². The van der Waals surface area contributed by atoms with Gasteiger partial charge in [0.15, 0.2) is 0 Å². The standard InChI is InChI=1S/C16H18F3N3O/c1-10-8-21-15(9-20-10)12(3)22-11(2)13-4-6-14(7-5-13)23-16(17,18)19/h4-9,11-12,22H,1-3H3/t11-,12-/m0/s1. The highest BCUT2D eigenvalue weighted by Crippen LogP contribution is 2.25. The summed E-state index contributed by atoms with van der Waals surface area (Å²) in [7, 11) is 0. The molecule has 7 heteroatoms. The van der Waals surface area contributed by atoms with Crippen molar-refractivity contribution < 1.29 is 17.9 Å². The molecule has 1 N–H and O–H groups in total. The highest BCUT2D eigenvalue weighted by molar-refractivity contribution is 5.29. The van der Waals surface area contributed by atoms with Crippen molar-refractivity contribution in [2.75, 3.05) is 0 Å². The number of alkyl halides is 3. The van der Waals surface area contributed by atoms with E-state index in [1.165, 1.54) is 12.1 Å². The highest BCUT2D eigenvalue weighted by Gasteiger charge is 2.31. The van der Waals surface area contributed by atoms with Gasteiger partial charge >= 0.3 is 6.36 Å². The van der Waals surface area contributed by atoms with E-state index in [4.69, 9.17) is 0 Å². The molecule has 0 unspecified atom stereocenters. The van der Waals surface area contributed by atoms with Crippen LogP contribution in [-0.2, 0) is 0 Å². The van der Waals surface area contributed by atoms with Gasteiger partial charge in [-0.3, -0.25) is 9.97 Å². The lowest BCUT2D eigenvalue weighted by Crippen LogP contribution is -2.23. The first-order valence-corrected chi connectivity index (χ1v) is 7.15. The van der Waals surface area contributed by atoms with Crippen LogP contribution in [0.4, 0.5) is 13.2 Å². The Morgan fingerprint density at radius 1 is 1.00 bits per heavy atom. The number of aryl methyl sites for hydroxylation is 1. The average molecular weight is 325 g/mol. The number of nitrogens with zero attached hydrogens (tertiary/aromatic N) is 2. The molecule has 0 spiro atoms. The van der Waals surface area contributed by atoms with E-state index in [1.807, 2.05) is 20.8 Å². The molecule has 0 radical (unpaired) electrons. The van der Waals surface area contributed by atoms with Crippen LogP contribution in [0, 0.1) is 6.92 Å². The fourth-order valence-corrected chi connectivity index (χ4v) is 2.14. The monoisotopic (exact) mass is 325 g/mol. The van der Waals surface area contributed by atoms with Crippen LogP contribution in [0.1, 0.15) is 42.9 Å². The van der Waals surface area contributed by atoms with Crippen LogP contribution in [-0.4, -0.2) is 16.3 Å². The summed E-state index contributed by atoms with van der Waals surface area (Å²) in [4.78, 5) is 8.51. The number of halogens is 3. The van der Waals surface area contributed by atoms with Crippen LogP contribution in [0.25, 0.3) is 0 Å². The Labute approximate surface area is 132 Å². The number of aromatic nitrogens is 2. The second-order valence-electron chi connectivity index (χ2n) is 5.31. The Kier molecular flexibility index (Phi) is 5.20. The molecular formula is C16H18F3N3O. The molecule has 0 aliphatic heterocycles. The second-order valence-corrected chi connectivity index (χ2v) is 5.31. The van der Waals surface area contributed by atoms with Crippen molar-refractivity contribution in [2.45, 2.75) is 39.2 Å². The number of ether oxygens (including phenoxy) is 1. The minimum Gasteiger partial charge on any atom is -0.406 e. The van der Waals surface area contributed by atoms with Gasteiger partial charge in [-0.05, 0) is 38.5 Å². The van der Waals surface area contributed by atoms with E-state index in [-0.39, 0.29) is 17.8 Å². The second kappa shape index (κ2) is 6.95. The van der Waals surface area contributed by atoms with Gasteiger partial charge in [0.2, 0.25) is 0 Å². The summed E-state index contributed by atoms with van der Waals surface area (Å²) in [5.74, 6) is -0.231. The summed E-state index contributed by atoms with van der Waals surface area (Å²) in [5.41, 5.74) is 2.50. The van der Waals surface area contributed by atoms with Gasteiger partial charge in [-0.15, -0.1) is 13.2 Å². The topological polar surface area (TPSA) is 47.0 Å². The molecule has 0 aliphatic carbocycles. The first kappa shape index (κ1) is 17.2. The number of rotatable bonds is 5. The molecule has 1 aromatic heterocycles. The molecule has 0 saturated carbocycles. The molecule has 1 heterocycles. The summed E-state index contributed by atoms with van der Waals surface area (Å²) in [6.45, 7) is 5.75. The Morgan fingerprint density at radius 3 is 2.17 bits per heavy atom. The molecule has 124 valence electrons. The van der Waals surface area contributed by atoms with Gasteiger partial charge in [0, 0.05) is 18.3 Å². The predicted octanol–water partition coefficient (Wildman–Crippen LogP) is 4.10. The first-order chi connectivity index (χ1) is 10.7. The Morgan fingerprint density at radius 2 is 1.65 bits per heavy atom. The van der Waals surface area contributed by atoms with E-state index in [2.05, 4.69) is 20.0 Å². The normalized spacial score (nSPS) is 14.3. The number of benzene rings is 1. The Hall–Kier alpha value is -2.15. The molecule has 0 fully saturated rings. The fourth-order valence-electron chi connectivity index (χ4n) is 2.14. The van der Waals surface area contributed by atoms with Crippen LogP contribution in [0.5, 0.6) is 5.75 Å². The predicted molar refractivity (Wildman–Crippen MR) is 79.9 cm³/mol. The highest BCUT2D eigenvalue weighted by atomic mass is 19.4. The third-order valence-electron chi connectivity index (χ3n) is 3.36. The maximum absolute atomic E-state index is 12.1.